The Morgan fingerprint density at radius 3 is 2.64 bits per heavy atom. The Balaban J connectivity index is 1.35. The molecule has 1 unspecified atom stereocenters. The maximum atomic E-state index is 13.7. The Morgan fingerprint density at radius 2 is 1.91 bits per heavy atom. The van der Waals surface area contributed by atoms with Crippen LogP contribution < -0.4 is 14.8 Å². The molecular formula is C33H36FN5O6. The summed E-state index contributed by atoms with van der Waals surface area (Å²) in [5.41, 5.74) is 0.537. The van der Waals surface area contributed by atoms with Crippen molar-refractivity contribution in [1.82, 2.24) is 25.1 Å². The van der Waals surface area contributed by atoms with Crippen molar-refractivity contribution in [3.8, 4) is 23.0 Å². The Bertz CT molecular complexity index is 1680. The first kappa shape index (κ1) is 30.3. The number of carbonyl (C=O) groups excluding carboxylic acids is 2. The maximum Gasteiger partial charge on any atom is 0.330 e. The largest absolute Gasteiger partial charge is 0.496 e. The first-order valence-corrected chi connectivity index (χ1v) is 15.1. The number of halogens is 1. The van der Waals surface area contributed by atoms with Crippen LogP contribution in [0.4, 0.5) is 9.18 Å². The van der Waals surface area contributed by atoms with Gasteiger partial charge in [0, 0.05) is 37.1 Å². The second kappa shape index (κ2) is 12.0. The van der Waals surface area contributed by atoms with E-state index in [0.717, 1.165) is 24.8 Å². The number of carboxylic acid groups (broad SMARTS) is 1. The molecular weight excluding hydrogens is 581 g/mol. The van der Waals surface area contributed by atoms with Crippen LogP contribution in [0.3, 0.4) is 0 Å². The summed E-state index contributed by atoms with van der Waals surface area (Å²) in [6.45, 7) is 2.48. The van der Waals surface area contributed by atoms with Crippen LogP contribution in [0.25, 0.3) is 22.3 Å². The highest BCUT2D eigenvalue weighted by molar-refractivity contribution is 5.95. The molecule has 0 bridgehead atoms. The molecule has 0 radical (unpaired) electrons. The average molecular weight is 618 g/mol. The molecule has 3 heterocycles. The molecule has 3 amide bonds. The van der Waals surface area contributed by atoms with Crippen LogP contribution in [0.1, 0.15) is 37.7 Å². The van der Waals surface area contributed by atoms with Crippen LogP contribution >= 0.6 is 0 Å². The highest BCUT2D eigenvalue weighted by atomic mass is 19.1. The number of methoxy groups -OCH3 is 1. The van der Waals surface area contributed by atoms with Gasteiger partial charge in [0.1, 0.15) is 29.3 Å². The van der Waals surface area contributed by atoms with Crippen LogP contribution in [0, 0.1) is 18.7 Å². The second-order valence-corrected chi connectivity index (χ2v) is 12.0. The number of amides is 3. The van der Waals surface area contributed by atoms with Crippen molar-refractivity contribution in [1.29, 1.82) is 0 Å². The van der Waals surface area contributed by atoms with Crippen LogP contribution in [-0.2, 0) is 9.59 Å². The number of hydrogen-bond donors (Lipinski definition) is 2. The van der Waals surface area contributed by atoms with Crippen molar-refractivity contribution in [3.63, 3.8) is 0 Å². The number of aryl methyl sites for hydroxylation is 1. The number of carboxylic acids is 1. The van der Waals surface area contributed by atoms with Gasteiger partial charge in [-0.3, -0.25) is 4.79 Å². The molecule has 2 N–H and O–H groups in total. The fraction of sp³-hybridized carbons (Fsp3) is 0.424. The van der Waals surface area contributed by atoms with Crippen molar-refractivity contribution < 1.29 is 33.4 Å². The van der Waals surface area contributed by atoms with Gasteiger partial charge in [-0.05, 0) is 69.0 Å². The fourth-order valence-corrected chi connectivity index (χ4v) is 6.28. The third-order valence-electron chi connectivity index (χ3n) is 9.00. The first-order chi connectivity index (χ1) is 21.6. The molecule has 4 atom stereocenters. The van der Waals surface area contributed by atoms with Crippen molar-refractivity contribution in [2.24, 2.45) is 5.92 Å². The molecule has 236 valence electrons. The zero-order valence-electron chi connectivity index (χ0n) is 25.5. The minimum Gasteiger partial charge on any atom is -0.496 e. The number of rotatable bonds is 5. The van der Waals surface area contributed by atoms with Gasteiger partial charge < -0.3 is 29.7 Å². The monoisotopic (exact) mass is 617 g/mol. The highest BCUT2D eigenvalue weighted by Gasteiger charge is 2.61. The third kappa shape index (κ3) is 5.76. The van der Waals surface area contributed by atoms with Gasteiger partial charge in [0.05, 0.1) is 24.6 Å². The lowest BCUT2D eigenvalue weighted by molar-refractivity contribution is -0.144. The number of aromatic nitrogens is 2. The van der Waals surface area contributed by atoms with E-state index in [1.54, 1.807) is 43.3 Å². The number of carbonyl (C=O) groups is 3. The predicted octanol–water partition coefficient (Wildman–Crippen LogP) is 4.33. The molecule has 2 aromatic carbocycles. The zero-order valence-corrected chi connectivity index (χ0v) is 25.5. The lowest BCUT2D eigenvalue weighted by Crippen LogP contribution is -2.54. The van der Waals surface area contributed by atoms with Gasteiger partial charge in [0.15, 0.2) is 5.82 Å². The lowest BCUT2D eigenvalue weighted by Gasteiger charge is -2.29. The highest BCUT2D eigenvalue weighted by Crippen LogP contribution is 2.45. The molecule has 45 heavy (non-hydrogen) atoms. The van der Waals surface area contributed by atoms with Gasteiger partial charge >= 0.3 is 12.0 Å². The topological polar surface area (TPSA) is 134 Å². The van der Waals surface area contributed by atoms with E-state index < -0.39 is 35.4 Å². The normalized spacial score (nSPS) is 26.0. The van der Waals surface area contributed by atoms with E-state index in [9.17, 15) is 23.9 Å². The molecule has 1 saturated heterocycles. The SMILES string of the molecule is COc1ccc2c(O[C@@H]3C[C@H]4C(=O)NC5(C(=O)O)C[C@H]5/C=C\CCCCN(C)C(=O)N4C3)nc(-c3ccc(F)cc3)nc2c1C. The maximum absolute atomic E-state index is 13.7. The number of ether oxygens (including phenoxy) is 2. The van der Waals surface area contributed by atoms with E-state index in [1.165, 1.54) is 17.0 Å². The summed E-state index contributed by atoms with van der Waals surface area (Å²) >= 11 is 0. The minimum atomic E-state index is -1.39. The fourth-order valence-electron chi connectivity index (χ4n) is 6.28. The van der Waals surface area contributed by atoms with E-state index in [2.05, 4.69) is 5.32 Å². The van der Waals surface area contributed by atoms with Gasteiger partial charge in [-0.2, -0.15) is 4.98 Å². The number of fused-ring (bicyclic) bond motifs is 3. The third-order valence-corrected chi connectivity index (χ3v) is 9.00. The Kier molecular flexibility index (Phi) is 8.07. The smallest absolute Gasteiger partial charge is 0.330 e. The average Bonchev–Trinajstić information content (AvgIpc) is 3.56. The van der Waals surface area contributed by atoms with E-state index in [4.69, 9.17) is 19.4 Å². The predicted molar refractivity (Wildman–Crippen MR) is 163 cm³/mol. The van der Waals surface area contributed by atoms with Gasteiger partial charge in [0.2, 0.25) is 11.8 Å². The number of hydrogen-bond acceptors (Lipinski definition) is 7. The molecule has 3 aliphatic rings. The quantitative estimate of drug-likeness (QED) is 0.405. The van der Waals surface area contributed by atoms with Crippen molar-refractivity contribution in [2.45, 2.75) is 56.7 Å². The molecule has 2 fully saturated rings. The molecule has 12 heteroatoms. The summed E-state index contributed by atoms with van der Waals surface area (Å²) in [5, 5.41) is 13.4. The Hall–Kier alpha value is -4.74. The van der Waals surface area contributed by atoms with Gasteiger partial charge in [-0.15, -0.1) is 0 Å². The van der Waals surface area contributed by atoms with Crippen molar-refractivity contribution >= 4 is 28.8 Å². The number of urea groups is 1. The van der Waals surface area contributed by atoms with Crippen LogP contribution in [0.5, 0.6) is 11.6 Å². The summed E-state index contributed by atoms with van der Waals surface area (Å²) in [7, 11) is 3.27. The number of benzene rings is 2. The zero-order chi connectivity index (χ0) is 31.9. The second-order valence-electron chi connectivity index (χ2n) is 12.0. The van der Waals surface area contributed by atoms with E-state index >= 15 is 0 Å². The van der Waals surface area contributed by atoms with Crippen LogP contribution in [0.2, 0.25) is 0 Å². The van der Waals surface area contributed by atoms with Gasteiger partial charge in [-0.1, -0.05) is 12.2 Å². The molecule has 3 aromatic rings. The van der Waals surface area contributed by atoms with Crippen LogP contribution in [0.15, 0.2) is 48.6 Å². The summed E-state index contributed by atoms with van der Waals surface area (Å²) in [4.78, 5) is 52.2. The van der Waals surface area contributed by atoms with E-state index in [1.807, 2.05) is 19.1 Å². The standard InChI is InChI=1S/C33H36FN5O6/c1-19-26(44-3)14-13-24-27(19)35-28(20-9-11-22(34)12-10-20)36-30(24)45-23-16-25-29(40)37-33(31(41)42)17-21(33)8-6-4-5-7-15-38(2)32(43)39(25)18-23/h6,8-14,21,23,25H,4-5,7,15-18H2,1-3H3,(H,37,40)(H,41,42)/b8-6-/t21-,23-,25+,33?/m1/s1. The van der Waals surface area contributed by atoms with Gasteiger partial charge in [0.25, 0.3) is 0 Å². The molecule has 1 aliphatic carbocycles. The number of aliphatic carboxylic acids is 1. The Labute approximate surface area is 260 Å². The summed E-state index contributed by atoms with van der Waals surface area (Å²) in [6, 6.07) is 8.13. The number of allylic oxidation sites excluding steroid dienone is 1. The lowest BCUT2D eigenvalue weighted by atomic mass is 10.1. The number of nitrogens with zero attached hydrogens (tertiary/aromatic N) is 4. The molecule has 1 aromatic heterocycles. The molecule has 1 saturated carbocycles. The first-order valence-electron chi connectivity index (χ1n) is 15.1. The molecule has 2 aliphatic heterocycles. The van der Waals surface area contributed by atoms with E-state index in [0.29, 0.717) is 41.0 Å². The number of nitrogens with one attached hydrogen (secondary N) is 1. The molecule has 11 nitrogen and oxygen atoms in total. The van der Waals surface area contributed by atoms with Crippen molar-refractivity contribution in [3.05, 3.63) is 59.9 Å². The van der Waals surface area contributed by atoms with E-state index in [-0.39, 0.29) is 30.8 Å². The van der Waals surface area contributed by atoms with Gasteiger partial charge in [-0.25, -0.2) is 19.0 Å². The minimum absolute atomic E-state index is 0.0944. The van der Waals surface area contributed by atoms with Crippen molar-refractivity contribution in [2.75, 3.05) is 27.2 Å². The summed E-state index contributed by atoms with van der Waals surface area (Å²) in [5.74, 6) is -1.13. The van der Waals surface area contributed by atoms with Crippen LogP contribution in [-0.4, -0.2) is 87.7 Å². The Morgan fingerprint density at radius 1 is 1.13 bits per heavy atom. The summed E-state index contributed by atoms with van der Waals surface area (Å²) < 4.78 is 25.7. The molecule has 6 rings (SSSR count). The summed E-state index contributed by atoms with van der Waals surface area (Å²) in [6.07, 6.45) is 6.03. The molecule has 0 spiro atoms.